The van der Waals surface area contributed by atoms with Gasteiger partial charge in [-0.1, -0.05) is 30.3 Å². The van der Waals surface area contributed by atoms with Crippen LogP contribution in [0.2, 0.25) is 0 Å². The Morgan fingerprint density at radius 3 is 2.43 bits per heavy atom. The van der Waals surface area contributed by atoms with Crippen LogP contribution in [0.1, 0.15) is 5.56 Å². The van der Waals surface area contributed by atoms with Crippen LogP contribution in [0.15, 0.2) is 47.1 Å². The highest BCUT2D eigenvalue weighted by Gasteiger charge is 2.00. The SMILES string of the molecule is Cc1cc(Br)nc(-c2ccccc2)c1. The predicted octanol–water partition coefficient (Wildman–Crippen LogP) is 3.82. The van der Waals surface area contributed by atoms with Gasteiger partial charge in [-0.3, -0.25) is 0 Å². The highest BCUT2D eigenvalue weighted by atomic mass is 79.9. The fraction of sp³-hybridized carbons (Fsp3) is 0.0833. The third-order valence-corrected chi connectivity index (χ3v) is 2.41. The number of nitrogens with zero attached hydrogens (tertiary/aromatic N) is 1. The summed E-state index contributed by atoms with van der Waals surface area (Å²) >= 11 is 3.40. The number of aromatic nitrogens is 1. The normalized spacial score (nSPS) is 10.1. The van der Waals surface area contributed by atoms with E-state index in [0.717, 1.165) is 15.9 Å². The number of benzene rings is 1. The molecule has 0 saturated heterocycles. The van der Waals surface area contributed by atoms with E-state index in [1.54, 1.807) is 0 Å². The minimum absolute atomic E-state index is 0.886. The monoisotopic (exact) mass is 247 g/mol. The summed E-state index contributed by atoms with van der Waals surface area (Å²) in [6.07, 6.45) is 0. The highest BCUT2D eigenvalue weighted by Crippen LogP contribution is 2.20. The summed E-state index contributed by atoms with van der Waals surface area (Å²) in [5.41, 5.74) is 3.38. The second-order valence-corrected chi connectivity index (χ2v) is 4.03. The maximum absolute atomic E-state index is 4.42. The number of pyridine rings is 1. The fourth-order valence-electron chi connectivity index (χ4n) is 1.38. The Labute approximate surface area is 91.9 Å². The van der Waals surface area contributed by atoms with Crippen LogP contribution < -0.4 is 0 Å². The number of rotatable bonds is 1. The first-order valence-electron chi connectivity index (χ1n) is 4.45. The molecule has 0 atom stereocenters. The molecule has 0 fully saturated rings. The standard InChI is InChI=1S/C12H10BrN/c1-9-7-11(14-12(13)8-9)10-5-3-2-4-6-10/h2-8H,1H3. The first-order chi connectivity index (χ1) is 6.75. The van der Waals surface area contributed by atoms with E-state index in [2.05, 4.69) is 46.0 Å². The summed E-state index contributed by atoms with van der Waals surface area (Å²) < 4.78 is 0.886. The quantitative estimate of drug-likeness (QED) is 0.699. The molecule has 0 aliphatic rings. The lowest BCUT2D eigenvalue weighted by Gasteiger charge is -2.02. The van der Waals surface area contributed by atoms with E-state index in [-0.39, 0.29) is 0 Å². The lowest BCUT2D eigenvalue weighted by molar-refractivity contribution is 1.24. The molecule has 0 radical (unpaired) electrons. The van der Waals surface area contributed by atoms with Crippen LogP contribution in [-0.2, 0) is 0 Å². The smallest absolute Gasteiger partial charge is 0.107 e. The number of hydrogen-bond acceptors (Lipinski definition) is 1. The zero-order valence-electron chi connectivity index (χ0n) is 7.87. The van der Waals surface area contributed by atoms with Crippen molar-refractivity contribution >= 4 is 15.9 Å². The van der Waals surface area contributed by atoms with Crippen molar-refractivity contribution < 1.29 is 0 Å². The minimum Gasteiger partial charge on any atom is -0.241 e. The van der Waals surface area contributed by atoms with Crippen LogP contribution in [-0.4, -0.2) is 4.98 Å². The summed E-state index contributed by atoms with van der Waals surface area (Å²) in [5.74, 6) is 0. The van der Waals surface area contributed by atoms with Crippen molar-refractivity contribution in [2.24, 2.45) is 0 Å². The Kier molecular flexibility index (Phi) is 2.64. The van der Waals surface area contributed by atoms with Gasteiger partial charge in [0.1, 0.15) is 4.60 Å². The maximum atomic E-state index is 4.42. The zero-order valence-corrected chi connectivity index (χ0v) is 9.45. The third kappa shape index (κ3) is 2.02. The summed E-state index contributed by atoms with van der Waals surface area (Å²) in [6.45, 7) is 2.07. The summed E-state index contributed by atoms with van der Waals surface area (Å²) in [5, 5.41) is 0. The second kappa shape index (κ2) is 3.93. The average molecular weight is 248 g/mol. The van der Waals surface area contributed by atoms with Gasteiger partial charge in [-0.25, -0.2) is 4.98 Å². The Balaban J connectivity index is 2.52. The Morgan fingerprint density at radius 1 is 1.07 bits per heavy atom. The van der Waals surface area contributed by atoms with Crippen molar-refractivity contribution in [3.05, 3.63) is 52.6 Å². The second-order valence-electron chi connectivity index (χ2n) is 3.22. The Hall–Kier alpha value is -1.15. The average Bonchev–Trinajstić information content (AvgIpc) is 2.18. The molecule has 1 heterocycles. The molecule has 70 valence electrons. The van der Waals surface area contributed by atoms with Gasteiger partial charge in [-0.15, -0.1) is 0 Å². The molecule has 0 saturated carbocycles. The lowest BCUT2D eigenvalue weighted by atomic mass is 10.1. The number of aryl methyl sites for hydroxylation is 1. The summed E-state index contributed by atoms with van der Waals surface area (Å²) in [6, 6.07) is 14.3. The van der Waals surface area contributed by atoms with Crippen molar-refractivity contribution in [1.82, 2.24) is 4.98 Å². The Morgan fingerprint density at radius 2 is 1.79 bits per heavy atom. The molecule has 14 heavy (non-hydrogen) atoms. The van der Waals surface area contributed by atoms with Gasteiger partial charge in [0.25, 0.3) is 0 Å². The molecular formula is C12H10BrN. The first kappa shape index (κ1) is 9.41. The van der Waals surface area contributed by atoms with Gasteiger partial charge in [-0.05, 0) is 40.5 Å². The van der Waals surface area contributed by atoms with Crippen molar-refractivity contribution in [3.63, 3.8) is 0 Å². The van der Waals surface area contributed by atoms with Crippen LogP contribution in [0.5, 0.6) is 0 Å². The molecular weight excluding hydrogens is 238 g/mol. The van der Waals surface area contributed by atoms with Gasteiger partial charge >= 0.3 is 0 Å². The summed E-state index contributed by atoms with van der Waals surface area (Å²) in [4.78, 5) is 4.42. The van der Waals surface area contributed by atoms with Crippen LogP contribution >= 0.6 is 15.9 Å². The van der Waals surface area contributed by atoms with E-state index >= 15 is 0 Å². The molecule has 2 aromatic rings. The molecule has 0 aliphatic heterocycles. The van der Waals surface area contributed by atoms with Gasteiger partial charge in [0.2, 0.25) is 0 Å². The molecule has 0 bridgehead atoms. The largest absolute Gasteiger partial charge is 0.241 e. The van der Waals surface area contributed by atoms with Crippen molar-refractivity contribution in [2.75, 3.05) is 0 Å². The molecule has 1 aromatic carbocycles. The van der Waals surface area contributed by atoms with Gasteiger partial charge < -0.3 is 0 Å². The summed E-state index contributed by atoms with van der Waals surface area (Å²) in [7, 11) is 0. The molecule has 0 aliphatic carbocycles. The van der Waals surface area contributed by atoms with Crippen LogP contribution in [0.3, 0.4) is 0 Å². The molecule has 1 nitrogen and oxygen atoms in total. The van der Waals surface area contributed by atoms with Crippen LogP contribution in [0.4, 0.5) is 0 Å². The highest BCUT2D eigenvalue weighted by molar-refractivity contribution is 9.10. The van der Waals surface area contributed by atoms with Crippen molar-refractivity contribution in [3.8, 4) is 11.3 Å². The van der Waals surface area contributed by atoms with Crippen molar-refractivity contribution in [1.29, 1.82) is 0 Å². The first-order valence-corrected chi connectivity index (χ1v) is 5.24. The molecule has 0 N–H and O–H groups in total. The van der Waals surface area contributed by atoms with Crippen LogP contribution in [0.25, 0.3) is 11.3 Å². The topological polar surface area (TPSA) is 12.9 Å². The van der Waals surface area contributed by atoms with Crippen molar-refractivity contribution in [2.45, 2.75) is 6.92 Å². The molecule has 0 unspecified atom stereocenters. The van der Waals surface area contributed by atoms with E-state index in [0.29, 0.717) is 0 Å². The predicted molar refractivity (Wildman–Crippen MR) is 62.1 cm³/mol. The molecule has 1 aromatic heterocycles. The molecule has 0 amide bonds. The molecule has 0 spiro atoms. The maximum Gasteiger partial charge on any atom is 0.107 e. The number of halogens is 1. The van der Waals surface area contributed by atoms with Gasteiger partial charge in [0.15, 0.2) is 0 Å². The fourth-order valence-corrected chi connectivity index (χ4v) is 1.93. The number of hydrogen-bond donors (Lipinski definition) is 0. The van der Waals surface area contributed by atoms with E-state index in [4.69, 9.17) is 0 Å². The minimum atomic E-state index is 0.886. The van der Waals surface area contributed by atoms with E-state index in [1.165, 1.54) is 5.56 Å². The lowest BCUT2D eigenvalue weighted by Crippen LogP contribution is -1.85. The van der Waals surface area contributed by atoms with E-state index in [9.17, 15) is 0 Å². The van der Waals surface area contributed by atoms with E-state index in [1.807, 2.05) is 24.3 Å². The molecule has 2 heteroatoms. The molecule has 2 rings (SSSR count). The van der Waals surface area contributed by atoms with Crippen LogP contribution in [0, 0.1) is 6.92 Å². The zero-order chi connectivity index (χ0) is 9.97. The Bertz CT molecular complexity index is 417. The third-order valence-electron chi connectivity index (χ3n) is 2.01. The van der Waals surface area contributed by atoms with Gasteiger partial charge in [-0.2, -0.15) is 0 Å². The van der Waals surface area contributed by atoms with Gasteiger partial charge in [0.05, 0.1) is 5.69 Å². The van der Waals surface area contributed by atoms with E-state index < -0.39 is 0 Å². The van der Waals surface area contributed by atoms with Gasteiger partial charge in [0, 0.05) is 5.56 Å².